The van der Waals surface area contributed by atoms with Crippen LogP contribution in [0.15, 0.2) is 91.0 Å². The molecule has 1 heterocycles. The Hall–Kier alpha value is -3.89. The van der Waals surface area contributed by atoms with E-state index in [1.165, 1.54) is 4.90 Å². The van der Waals surface area contributed by atoms with Gasteiger partial charge in [0.25, 0.3) is 0 Å². The number of hydrogen-bond donors (Lipinski definition) is 1. The lowest BCUT2D eigenvalue weighted by Crippen LogP contribution is -2.46. The molecule has 9 heteroatoms. The highest BCUT2D eigenvalue weighted by Gasteiger charge is 2.33. The van der Waals surface area contributed by atoms with E-state index in [1.54, 1.807) is 0 Å². The van der Waals surface area contributed by atoms with Gasteiger partial charge in [-0.25, -0.2) is 4.79 Å². The quantitative estimate of drug-likeness (QED) is 0.0726. The van der Waals surface area contributed by atoms with Crippen molar-refractivity contribution in [2.75, 3.05) is 33.1 Å². The maximum Gasteiger partial charge on any atom is 0.407 e. The van der Waals surface area contributed by atoms with Gasteiger partial charge in [-0.1, -0.05) is 86.4 Å². The summed E-state index contributed by atoms with van der Waals surface area (Å²) >= 11 is 0. The molecular weight excluding hydrogens is 623 g/mol. The lowest BCUT2D eigenvalue weighted by atomic mass is 9.87. The first kappa shape index (κ1) is 35.4. The first-order valence-corrected chi connectivity index (χ1v) is 20.4. The molecular formula is C39H49NO7Si. The fourth-order valence-corrected chi connectivity index (χ4v) is 6.33. The molecule has 0 saturated carbocycles. The van der Waals surface area contributed by atoms with Crippen LogP contribution in [0.25, 0.3) is 10.8 Å². The second kappa shape index (κ2) is 17.0. The summed E-state index contributed by atoms with van der Waals surface area (Å²) in [7, 11) is -1.45. The van der Waals surface area contributed by atoms with Crippen molar-refractivity contribution >= 4 is 24.9 Å². The predicted molar refractivity (Wildman–Crippen MR) is 192 cm³/mol. The maximum atomic E-state index is 11.9. The van der Waals surface area contributed by atoms with Crippen LogP contribution < -0.4 is 9.47 Å². The average molecular weight is 672 g/mol. The summed E-state index contributed by atoms with van der Waals surface area (Å²) in [4.78, 5) is 13.4. The summed E-state index contributed by atoms with van der Waals surface area (Å²) in [5.41, 5.74) is 3.40. The molecule has 1 amide bonds. The van der Waals surface area contributed by atoms with Crippen LogP contribution in [0.2, 0.25) is 19.6 Å². The van der Waals surface area contributed by atoms with Crippen molar-refractivity contribution in [1.82, 2.24) is 4.90 Å². The van der Waals surface area contributed by atoms with Crippen LogP contribution in [0.5, 0.6) is 11.5 Å². The Morgan fingerprint density at radius 3 is 2.40 bits per heavy atom. The zero-order valence-electron chi connectivity index (χ0n) is 28.6. The van der Waals surface area contributed by atoms with E-state index in [2.05, 4.69) is 63.0 Å². The number of piperidine rings is 1. The van der Waals surface area contributed by atoms with Gasteiger partial charge in [-0.15, -0.1) is 0 Å². The molecule has 3 unspecified atom stereocenters. The SMILES string of the molecule is CC(OCOc1cc(COC2CN(C(=O)O)CCC2c2ccc(OCCCOCc3ccccc3)cc2)cc2ccccc12)[Si](C)(C)C. The number of rotatable bonds is 16. The standard InChI is InChI=1S/C39H49NO7Si/c1-29(48(2,3)4)46-28-47-37-24-31(23-33-13-8-9-14-35(33)37)27-45-38-25-40(39(41)42)20-19-36(38)32-15-17-34(18-16-32)44-22-10-21-43-26-30-11-6-5-7-12-30/h5-9,11-18,23-24,29,36,38H,10,19-22,25-28H2,1-4H3,(H,41,42). The largest absolute Gasteiger partial charge is 0.494 e. The highest BCUT2D eigenvalue weighted by molar-refractivity contribution is 6.77. The average Bonchev–Trinajstić information content (AvgIpc) is 3.09. The van der Waals surface area contributed by atoms with Crippen LogP contribution in [-0.2, 0) is 27.4 Å². The van der Waals surface area contributed by atoms with Crippen molar-refractivity contribution in [3.63, 3.8) is 0 Å². The molecule has 1 aliphatic heterocycles. The van der Waals surface area contributed by atoms with Gasteiger partial charge in [0.05, 0.1) is 47.2 Å². The van der Waals surface area contributed by atoms with E-state index in [0.717, 1.165) is 45.4 Å². The van der Waals surface area contributed by atoms with Crippen molar-refractivity contribution < 1.29 is 33.6 Å². The van der Waals surface area contributed by atoms with Gasteiger partial charge in [-0.3, -0.25) is 0 Å². The monoisotopic (exact) mass is 671 g/mol. The molecule has 0 spiro atoms. The van der Waals surface area contributed by atoms with Crippen molar-refractivity contribution in [2.45, 2.75) is 70.4 Å². The van der Waals surface area contributed by atoms with Gasteiger partial charge >= 0.3 is 6.09 Å². The second-order valence-electron chi connectivity index (χ2n) is 13.5. The van der Waals surface area contributed by atoms with E-state index in [1.807, 2.05) is 54.6 Å². The van der Waals surface area contributed by atoms with E-state index in [4.69, 9.17) is 23.7 Å². The Morgan fingerprint density at radius 2 is 1.65 bits per heavy atom. The number of hydrogen-bond acceptors (Lipinski definition) is 6. The molecule has 3 atom stereocenters. The molecule has 0 aliphatic carbocycles. The van der Waals surface area contributed by atoms with Crippen LogP contribution in [0, 0.1) is 0 Å². The van der Waals surface area contributed by atoms with Gasteiger partial charge < -0.3 is 33.7 Å². The van der Waals surface area contributed by atoms with Crippen molar-refractivity contribution in [1.29, 1.82) is 0 Å². The first-order valence-electron chi connectivity index (χ1n) is 16.9. The van der Waals surface area contributed by atoms with Gasteiger partial charge in [0, 0.05) is 30.0 Å². The Bertz CT molecular complexity index is 1590. The van der Waals surface area contributed by atoms with Gasteiger partial charge in [-0.05, 0) is 59.7 Å². The topological polar surface area (TPSA) is 86.7 Å². The molecule has 4 aromatic carbocycles. The minimum absolute atomic E-state index is 0.0497. The minimum Gasteiger partial charge on any atom is -0.494 e. The summed E-state index contributed by atoms with van der Waals surface area (Å²) in [5.74, 6) is 1.60. The predicted octanol–water partition coefficient (Wildman–Crippen LogP) is 8.50. The number of amides is 1. The molecule has 1 N–H and O–H groups in total. The lowest BCUT2D eigenvalue weighted by Gasteiger charge is -2.37. The summed E-state index contributed by atoms with van der Waals surface area (Å²) < 4.78 is 30.5. The number of likely N-dealkylation sites (tertiary alicyclic amines) is 1. The molecule has 48 heavy (non-hydrogen) atoms. The first-order chi connectivity index (χ1) is 23.2. The highest BCUT2D eigenvalue weighted by atomic mass is 28.3. The molecule has 4 aromatic rings. The molecule has 1 aliphatic rings. The Kier molecular flexibility index (Phi) is 12.5. The number of carboxylic acid groups (broad SMARTS) is 1. The normalized spacial score (nSPS) is 17.3. The van der Waals surface area contributed by atoms with Crippen LogP contribution in [-0.4, -0.2) is 69.1 Å². The third-order valence-corrected chi connectivity index (χ3v) is 11.7. The van der Waals surface area contributed by atoms with Crippen molar-refractivity contribution in [3.05, 3.63) is 108 Å². The van der Waals surface area contributed by atoms with Gasteiger partial charge in [0.2, 0.25) is 0 Å². The van der Waals surface area contributed by atoms with E-state index >= 15 is 0 Å². The maximum absolute atomic E-state index is 11.9. The number of benzene rings is 4. The fourth-order valence-electron chi connectivity index (χ4n) is 5.76. The summed E-state index contributed by atoms with van der Waals surface area (Å²) in [6.45, 7) is 12.0. The Labute approximate surface area is 285 Å². The zero-order valence-corrected chi connectivity index (χ0v) is 29.6. The van der Waals surface area contributed by atoms with E-state index in [-0.39, 0.29) is 24.5 Å². The summed E-state index contributed by atoms with van der Waals surface area (Å²) in [6, 6.07) is 30.5. The molecule has 1 saturated heterocycles. The number of fused-ring (bicyclic) bond motifs is 1. The molecule has 0 bridgehead atoms. The van der Waals surface area contributed by atoms with Crippen molar-refractivity contribution in [2.24, 2.45) is 0 Å². The third-order valence-electron chi connectivity index (χ3n) is 9.05. The molecule has 0 radical (unpaired) electrons. The molecule has 256 valence electrons. The van der Waals surface area contributed by atoms with Crippen LogP contribution in [0.3, 0.4) is 0 Å². The number of ether oxygens (including phenoxy) is 5. The van der Waals surface area contributed by atoms with Crippen LogP contribution in [0.4, 0.5) is 4.79 Å². The number of nitrogens with zero attached hydrogens (tertiary/aromatic N) is 1. The summed E-state index contributed by atoms with van der Waals surface area (Å²) in [6.07, 6.45) is 0.242. The molecule has 0 aromatic heterocycles. The second-order valence-corrected chi connectivity index (χ2v) is 19.1. The molecule has 5 rings (SSSR count). The molecule has 1 fully saturated rings. The highest BCUT2D eigenvalue weighted by Crippen LogP contribution is 2.34. The number of carbonyl (C=O) groups is 1. The summed E-state index contributed by atoms with van der Waals surface area (Å²) in [5, 5.41) is 11.8. The van der Waals surface area contributed by atoms with E-state index < -0.39 is 14.2 Å². The third kappa shape index (κ3) is 10.1. The Balaban J connectivity index is 1.19. The van der Waals surface area contributed by atoms with Crippen LogP contribution >= 0.6 is 0 Å². The van der Waals surface area contributed by atoms with Crippen LogP contribution in [0.1, 0.15) is 42.4 Å². The minimum atomic E-state index is -1.45. The van der Waals surface area contributed by atoms with Gasteiger partial charge in [-0.2, -0.15) is 0 Å². The smallest absolute Gasteiger partial charge is 0.407 e. The fraction of sp³-hybridized carbons (Fsp3) is 0.410. The Morgan fingerprint density at radius 1 is 0.896 bits per heavy atom. The van der Waals surface area contributed by atoms with Gasteiger partial charge in [0.1, 0.15) is 11.5 Å². The van der Waals surface area contributed by atoms with E-state index in [0.29, 0.717) is 45.9 Å². The van der Waals surface area contributed by atoms with E-state index in [9.17, 15) is 9.90 Å². The van der Waals surface area contributed by atoms with Gasteiger partial charge in [0.15, 0.2) is 6.79 Å². The lowest BCUT2D eigenvalue weighted by molar-refractivity contribution is -0.0202. The zero-order chi connectivity index (χ0) is 33.9. The molecule has 8 nitrogen and oxygen atoms in total. The van der Waals surface area contributed by atoms with Crippen molar-refractivity contribution in [3.8, 4) is 11.5 Å².